The molecule has 0 aliphatic rings. The first kappa shape index (κ1) is 15.0. The van der Waals surface area contributed by atoms with Crippen LogP contribution in [-0.4, -0.2) is 23.7 Å². The molecule has 0 bridgehead atoms. The summed E-state index contributed by atoms with van der Waals surface area (Å²) in [6, 6.07) is 7.16. The number of aliphatic carboxylic acids is 1. The van der Waals surface area contributed by atoms with Gasteiger partial charge < -0.3 is 10.4 Å². The van der Waals surface area contributed by atoms with Gasteiger partial charge in [0, 0.05) is 5.02 Å². The Bertz CT molecular complexity index is 393. The Labute approximate surface area is 113 Å². The fourth-order valence-corrected chi connectivity index (χ4v) is 2.04. The van der Waals surface area contributed by atoms with Crippen LogP contribution in [0.2, 0.25) is 5.02 Å². The molecule has 100 valence electrons. The smallest absolute Gasteiger partial charge is 0.320 e. The van der Waals surface area contributed by atoms with Gasteiger partial charge in [0.1, 0.15) is 6.04 Å². The van der Waals surface area contributed by atoms with E-state index in [2.05, 4.69) is 5.32 Å². The molecule has 0 heterocycles. The van der Waals surface area contributed by atoms with Crippen LogP contribution in [0.1, 0.15) is 25.8 Å². The number of benzene rings is 1. The molecule has 0 saturated carbocycles. The van der Waals surface area contributed by atoms with Crippen LogP contribution < -0.4 is 5.32 Å². The highest BCUT2D eigenvalue weighted by Crippen LogP contribution is 2.11. The van der Waals surface area contributed by atoms with E-state index >= 15 is 0 Å². The number of hydrogen-bond acceptors (Lipinski definition) is 2. The summed E-state index contributed by atoms with van der Waals surface area (Å²) in [5.41, 5.74) is 1.11. The molecule has 0 amide bonds. The predicted octanol–water partition coefficient (Wildman–Crippen LogP) is 2.97. The van der Waals surface area contributed by atoms with Crippen LogP contribution in [0.3, 0.4) is 0 Å². The van der Waals surface area contributed by atoms with Crippen molar-refractivity contribution in [1.29, 1.82) is 0 Å². The van der Waals surface area contributed by atoms with Crippen LogP contribution in [0.15, 0.2) is 24.3 Å². The summed E-state index contributed by atoms with van der Waals surface area (Å²) in [6.07, 6.45) is 1.42. The Kier molecular flexibility index (Phi) is 6.16. The SMILES string of the molecule is CC(C)C[C@H](NCCc1cccc(Cl)c1)C(=O)O. The molecule has 4 heteroatoms. The molecule has 0 radical (unpaired) electrons. The summed E-state index contributed by atoms with van der Waals surface area (Å²) in [7, 11) is 0. The number of hydrogen-bond donors (Lipinski definition) is 2. The van der Waals surface area contributed by atoms with E-state index in [0.717, 1.165) is 12.0 Å². The molecular formula is C14H20ClNO2. The third kappa shape index (κ3) is 5.52. The Balaban J connectivity index is 2.41. The van der Waals surface area contributed by atoms with Crippen molar-refractivity contribution in [3.05, 3.63) is 34.9 Å². The van der Waals surface area contributed by atoms with E-state index in [1.165, 1.54) is 0 Å². The van der Waals surface area contributed by atoms with Gasteiger partial charge in [0.2, 0.25) is 0 Å². The Morgan fingerprint density at radius 1 is 1.44 bits per heavy atom. The molecule has 0 aliphatic heterocycles. The van der Waals surface area contributed by atoms with Gasteiger partial charge >= 0.3 is 5.97 Å². The molecule has 0 saturated heterocycles. The van der Waals surface area contributed by atoms with Gasteiger partial charge in [-0.2, -0.15) is 0 Å². The first-order valence-corrected chi connectivity index (χ1v) is 6.57. The number of carboxylic acid groups (broad SMARTS) is 1. The van der Waals surface area contributed by atoms with Crippen LogP contribution >= 0.6 is 11.6 Å². The second kappa shape index (κ2) is 7.39. The molecule has 2 N–H and O–H groups in total. The molecule has 1 aromatic rings. The van der Waals surface area contributed by atoms with E-state index < -0.39 is 12.0 Å². The monoisotopic (exact) mass is 269 g/mol. The molecule has 1 rings (SSSR count). The Morgan fingerprint density at radius 2 is 2.17 bits per heavy atom. The van der Waals surface area contributed by atoms with Gasteiger partial charge in [-0.3, -0.25) is 4.79 Å². The third-order valence-corrected chi connectivity index (χ3v) is 2.93. The maximum Gasteiger partial charge on any atom is 0.320 e. The highest BCUT2D eigenvalue weighted by Gasteiger charge is 2.17. The maximum absolute atomic E-state index is 11.0. The van der Waals surface area contributed by atoms with Crippen molar-refractivity contribution >= 4 is 17.6 Å². The number of halogens is 1. The van der Waals surface area contributed by atoms with Crippen LogP contribution in [0.5, 0.6) is 0 Å². The molecule has 0 spiro atoms. The van der Waals surface area contributed by atoms with Gasteiger partial charge in [0.05, 0.1) is 0 Å². The Hall–Kier alpha value is -1.06. The second-order valence-electron chi connectivity index (χ2n) is 4.85. The molecule has 3 nitrogen and oxygen atoms in total. The average molecular weight is 270 g/mol. The van der Waals surface area contributed by atoms with E-state index in [4.69, 9.17) is 16.7 Å². The van der Waals surface area contributed by atoms with E-state index in [0.29, 0.717) is 23.9 Å². The zero-order chi connectivity index (χ0) is 13.5. The number of carbonyl (C=O) groups is 1. The summed E-state index contributed by atoms with van der Waals surface area (Å²) in [5.74, 6) is -0.417. The zero-order valence-corrected chi connectivity index (χ0v) is 11.6. The molecule has 0 aliphatic carbocycles. The summed E-state index contributed by atoms with van der Waals surface area (Å²) in [4.78, 5) is 11.0. The van der Waals surface area contributed by atoms with Crippen molar-refractivity contribution < 1.29 is 9.90 Å². The summed E-state index contributed by atoms with van der Waals surface area (Å²) in [5, 5.41) is 12.9. The van der Waals surface area contributed by atoms with E-state index in [1.807, 2.05) is 38.1 Å². The van der Waals surface area contributed by atoms with E-state index in [9.17, 15) is 4.79 Å². The molecule has 0 fully saturated rings. The summed E-state index contributed by atoms with van der Waals surface area (Å²) >= 11 is 5.89. The van der Waals surface area contributed by atoms with Crippen molar-refractivity contribution in [1.82, 2.24) is 5.32 Å². The number of rotatable bonds is 7. The lowest BCUT2D eigenvalue weighted by Gasteiger charge is -2.16. The lowest BCUT2D eigenvalue weighted by molar-refractivity contribution is -0.139. The highest BCUT2D eigenvalue weighted by molar-refractivity contribution is 6.30. The minimum atomic E-state index is -0.783. The third-order valence-electron chi connectivity index (χ3n) is 2.70. The van der Waals surface area contributed by atoms with Crippen LogP contribution in [0.4, 0.5) is 0 Å². The minimum absolute atomic E-state index is 0.366. The largest absolute Gasteiger partial charge is 0.480 e. The second-order valence-corrected chi connectivity index (χ2v) is 5.29. The molecular weight excluding hydrogens is 250 g/mol. The molecule has 0 aromatic heterocycles. The van der Waals surface area contributed by atoms with Crippen molar-refractivity contribution in [3.63, 3.8) is 0 Å². The van der Waals surface area contributed by atoms with Gasteiger partial charge in [-0.15, -0.1) is 0 Å². The highest BCUT2D eigenvalue weighted by atomic mass is 35.5. The van der Waals surface area contributed by atoms with Gasteiger partial charge in [-0.25, -0.2) is 0 Å². The van der Waals surface area contributed by atoms with Gasteiger partial charge in [0.15, 0.2) is 0 Å². The standard InChI is InChI=1S/C14H20ClNO2/c1-10(2)8-13(14(17)18)16-7-6-11-4-3-5-12(15)9-11/h3-5,9-10,13,16H,6-8H2,1-2H3,(H,17,18)/t13-/m0/s1. The van der Waals surface area contributed by atoms with Gasteiger partial charge in [-0.1, -0.05) is 37.6 Å². The molecule has 0 unspecified atom stereocenters. The zero-order valence-electron chi connectivity index (χ0n) is 10.8. The minimum Gasteiger partial charge on any atom is -0.480 e. The lowest BCUT2D eigenvalue weighted by Crippen LogP contribution is -2.38. The van der Waals surface area contributed by atoms with Crippen molar-refractivity contribution in [3.8, 4) is 0 Å². The topological polar surface area (TPSA) is 49.3 Å². The fourth-order valence-electron chi connectivity index (χ4n) is 1.83. The van der Waals surface area contributed by atoms with Gasteiger partial charge in [0.25, 0.3) is 0 Å². The van der Waals surface area contributed by atoms with Gasteiger partial charge in [-0.05, 0) is 43.0 Å². The van der Waals surface area contributed by atoms with Crippen LogP contribution in [0, 0.1) is 5.92 Å². The van der Waals surface area contributed by atoms with E-state index in [-0.39, 0.29) is 0 Å². The number of carboxylic acids is 1. The predicted molar refractivity (Wildman–Crippen MR) is 74.0 cm³/mol. The van der Waals surface area contributed by atoms with Crippen LogP contribution in [0.25, 0.3) is 0 Å². The first-order valence-electron chi connectivity index (χ1n) is 6.19. The fraction of sp³-hybridized carbons (Fsp3) is 0.500. The quantitative estimate of drug-likeness (QED) is 0.800. The molecule has 1 aromatic carbocycles. The maximum atomic E-state index is 11.0. The molecule has 18 heavy (non-hydrogen) atoms. The van der Waals surface area contributed by atoms with E-state index in [1.54, 1.807) is 0 Å². The van der Waals surface area contributed by atoms with Crippen molar-refractivity contribution in [2.75, 3.05) is 6.54 Å². The first-order chi connectivity index (χ1) is 8.49. The lowest BCUT2D eigenvalue weighted by atomic mass is 10.0. The normalized spacial score (nSPS) is 12.7. The Morgan fingerprint density at radius 3 is 2.72 bits per heavy atom. The summed E-state index contributed by atoms with van der Waals surface area (Å²) < 4.78 is 0. The van der Waals surface area contributed by atoms with Crippen molar-refractivity contribution in [2.45, 2.75) is 32.7 Å². The average Bonchev–Trinajstić information content (AvgIpc) is 2.27. The van der Waals surface area contributed by atoms with Crippen molar-refractivity contribution in [2.24, 2.45) is 5.92 Å². The van der Waals surface area contributed by atoms with Crippen LogP contribution in [-0.2, 0) is 11.2 Å². The molecule has 1 atom stereocenters. The summed E-state index contributed by atoms with van der Waals surface area (Å²) in [6.45, 7) is 4.69. The number of nitrogens with one attached hydrogen (secondary N) is 1.